The Hall–Kier alpha value is -1.16. The number of ether oxygens (including phenoxy) is 1. The molecule has 4 heteroatoms. The van der Waals surface area contributed by atoms with Crippen LogP contribution >= 0.6 is 0 Å². The average Bonchev–Trinajstić information content (AvgIpc) is 2.12. The molecule has 1 aromatic rings. The highest BCUT2D eigenvalue weighted by Gasteiger charge is 2.29. The first-order valence-corrected chi connectivity index (χ1v) is 4.51. The van der Waals surface area contributed by atoms with Crippen molar-refractivity contribution in [2.24, 2.45) is 11.7 Å². The predicted octanol–water partition coefficient (Wildman–Crippen LogP) is 0.593. The smallest absolute Gasteiger partial charge is 0.216 e. The van der Waals surface area contributed by atoms with Crippen LogP contribution in [-0.2, 0) is 0 Å². The Labute approximate surface area is 77.1 Å². The van der Waals surface area contributed by atoms with E-state index in [4.69, 9.17) is 10.5 Å². The maximum absolute atomic E-state index is 5.58. The molecule has 1 heterocycles. The van der Waals surface area contributed by atoms with Crippen LogP contribution in [0.5, 0.6) is 5.88 Å². The third-order valence-corrected chi connectivity index (χ3v) is 2.37. The van der Waals surface area contributed by atoms with E-state index in [1.807, 2.05) is 0 Å². The fourth-order valence-electron chi connectivity index (χ4n) is 1.48. The lowest BCUT2D eigenvalue weighted by Crippen LogP contribution is -2.37. The predicted molar refractivity (Wildman–Crippen MR) is 48.2 cm³/mol. The fraction of sp³-hybridized carbons (Fsp3) is 0.556. The van der Waals surface area contributed by atoms with Crippen LogP contribution < -0.4 is 10.5 Å². The van der Waals surface area contributed by atoms with Gasteiger partial charge in [-0.05, 0) is 25.3 Å². The summed E-state index contributed by atoms with van der Waals surface area (Å²) in [5.74, 6) is 1.31. The zero-order chi connectivity index (χ0) is 9.10. The van der Waals surface area contributed by atoms with E-state index < -0.39 is 0 Å². The molecule has 0 saturated heterocycles. The zero-order valence-electron chi connectivity index (χ0n) is 7.39. The third kappa shape index (κ3) is 1.95. The van der Waals surface area contributed by atoms with E-state index in [9.17, 15) is 0 Å². The van der Waals surface area contributed by atoms with Gasteiger partial charge >= 0.3 is 0 Å². The molecule has 70 valence electrons. The number of hydrogen-bond acceptors (Lipinski definition) is 4. The van der Waals surface area contributed by atoms with Crippen LogP contribution in [0, 0.1) is 5.92 Å². The van der Waals surface area contributed by atoms with Crippen LogP contribution in [0.25, 0.3) is 0 Å². The third-order valence-electron chi connectivity index (χ3n) is 2.37. The van der Waals surface area contributed by atoms with Crippen molar-refractivity contribution in [3.05, 3.63) is 18.6 Å². The van der Waals surface area contributed by atoms with Crippen LogP contribution in [0.4, 0.5) is 0 Å². The first kappa shape index (κ1) is 8.44. The minimum Gasteiger partial charge on any atom is -0.474 e. The zero-order valence-corrected chi connectivity index (χ0v) is 7.39. The number of nitrogens with zero attached hydrogens (tertiary/aromatic N) is 2. The van der Waals surface area contributed by atoms with Gasteiger partial charge in [-0.15, -0.1) is 0 Å². The molecule has 0 bridgehead atoms. The van der Waals surface area contributed by atoms with Gasteiger partial charge in [-0.1, -0.05) is 0 Å². The Morgan fingerprint density at radius 1 is 1.54 bits per heavy atom. The molecule has 0 spiro atoms. The van der Waals surface area contributed by atoms with Gasteiger partial charge in [-0.2, -0.15) is 0 Å². The molecule has 0 aromatic carbocycles. The minimum atomic E-state index is 0.309. The Bertz CT molecular complexity index is 259. The molecular formula is C9H13N3O. The van der Waals surface area contributed by atoms with Crippen LogP contribution in [0.2, 0.25) is 0 Å². The highest BCUT2D eigenvalue weighted by Crippen LogP contribution is 2.29. The van der Waals surface area contributed by atoms with E-state index in [-0.39, 0.29) is 0 Å². The van der Waals surface area contributed by atoms with Gasteiger partial charge < -0.3 is 10.5 Å². The van der Waals surface area contributed by atoms with E-state index >= 15 is 0 Å². The molecule has 1 saturated carbocycles. The van der Waals surface area contributed by atoms with Crippen LogP contribution in [-0.4, -0.2) is 22.6 Å². The molecule has 0 atom stereocenters. The number of rotatable bonds is 3. The summed E-state index contributed by atoms with van der Waals surface area (Å²) in [5, 5.41) is 0. The van der Waals surface area contributed by atoms with Gasteiger partial charge in [0.25, 0.3) is 0 Å². The van der Waals surface area contributed by atoms with Crippen molar-refractivity contribution in [1.82, 2.24) is 9.97 Å². The fourth-order valence-corrected chi connectivity index (χ4v) is 1.48. The number of nitrogens with two attached hydrogens (primary N) is 1. The van der Waals surface area contributed by atoms with Crippen molar-refractivity contribution >= 4 is 0 Å². The van der Waals surface area contributed by atoms with Crippen molar-refractivity contribution in [2.75, 3.05) is 6.54 Å². The average molecular weight is 179 g/mol. The van der Waals surface area contributed by atoms with Crippen LogP contribution in [0.15, 0.2) is 18.6 Å². The van der Waals surface area contributed by atoms with E-state index in [1.54, 1.807) is 12.3 Å². The van der Waals surface area contributed by atoms with Gasteiger partial charge in [-0.3, -0.25) is 0 Å². The molecule has 0 unspecified atom stereocenters. The van der Waals surface area contributed by atoms with Gasteiger partial charge in [0.05, 0.1) is 0 Å². The molecule has 2 rings (SSSR count). The quantitative estimate of drug-likeness (QED) is 0.737. The molecule has 0 aliphatic heterocycles. The van der Waals surface area contributed by atoms with Gasteiger partial charge in [0.2, 0.25) is 5.88 Å². The molecule has 1 aromatic heterocycles. The molecule has 1 aliphatic carbocycles. The standard InChI is InChI=1S/C9H13N3O/c10-5-7-3-8(4-7)13-9-1-2-11-6-12-9/h1-2,6-8H,3-5,10H2. The maximum atomic E-state index is 5.58. The first-order chi connectivity index (χ1) is 6.38. The first-order valence-electron chi connectivity index (χ1n) is 4.51. The molecule has 13 heavy (non-hydrogen) atoms. The highest BCUT2D eigenvalue weighted by molar-refractivity contribution is 5.06. The Balaban J connectivity index is 1.81. The Kier molecular flexibility index (Phi) is 2.40. The van der Waals surface area contributed by atoms with Crippen LogP contribution in [0.3, 0.4) is 0 Å². The Morgan fingerprint density at radius 3 is 3.00 bits per heavy atom. The normalized spacial score (nSPS) is 26.5. The molecule has 0 amide bonds. The van der Waals surface area contributed by atoms with Crippen molar-refractivity contribution in [3.8, 4) is 5.88 Å². The second-order valence-electron chi connectivity index (χ2n) is 3.36. The second-order valence-corrected chi connectivity index (χ2v) is 3.36. The lowest BCUT2D eigenvalue weighted by molar-refractivity contribution is 0.0647. The summed E-state index contributed by atoms with van der Waals surface area (Å²) in [6.07, 6.45) is 5.60. The largest absolute Gasteiger partial charge is 0.474 e. The van der Waals surface area contributed by atoms with Crippen molar-refractivity contribution < 1.29 is 4.74 Å². The summed E-state index contributed by atoms with van der Waals surface area (Å²) in [5.41, 5.74) is 5.51. The topological polar surface area (TPSA) is 61.0 Å². The molecule has 2 N–H and O–H groups in total. The summed E-state index contributed by atoms with van der Waals surface area (Å²) in [6, 6.07) is 1.77. The van der Waals surface area contributed by atoms with Crippen LogP contribution in [0.1, 0.15) is 12.8 Å². The second kappa shape index (κ2) is 3.70. The highest BCUT2D eigenvalue weighted by atomic mass is 16.5. The lowest BCUT2D eigenvalue weighted by Gasteiger charge is -2.33. The van der Waals surface area contributed by atoms with E-state index in [0.29, 0.717) is 17.9 Å². The summed E-state index contributed by atoms with van der Waals surface area (Å²) in [6.45, 7) is 0.767. The number of hydrogen-bond donors (Lipinski definition) is 1. The van der Waals surface area contributed by atoms with Gasteiger partial charge in [0.1, 0.15) is 12.4 Å². The SMILES string of the molecule is NCC1CC(Oc2ccncn2)C1. The Morgan fingerprint density at radius 2 is 2.38 bits per heavy atom. The van der Waals surface area contributed by atoms with E-state index in [2.05, 4.69) is 9.97 Å². The maximum Gasteiger partial charge on any atom is 0.216 e. The van der Waals surface area contributed by atoms with Gasteiger partial charge in [0, 0.05) is 12.3 Å². The molecule has 0 radical (unpaired) electrons. The monoisotopic (exact) mass is 179 g/mol. The summed E-state index contributed by atoms with van der Waals surface area (Å²) < 4.78 is 5.58. The molecule has 1 aliphatic rings. The minimum absolute atomic E-state index is 0.309. The van der Waals surface area contributed by atoms with Crippen molar-refractivity contribution in [1.29, 1.82) is 0 Å². The van der Waals surface area contributed by atoms with E-state index in [1.165, 1.54) is 6.33 Å². The summed E-state index contributed by atoms with van der Waals surface area (Å²) in [4.78, 5) is 7.80. The van der Waals surface area contributed by atoms with Crippen molar-refractivity contribution in [2.45, 2.75) is 18.9 Å². The van der Waals surface area contributed by atoms with Crippen molar-refractivity contribution in [3.63, 3.8) is 0 Å². The van der Waals surface area contributed by atoms with Gasteiger partial charge in [-0.25, -0.2) is 9.97 Å². The van der Waals surface area contributed by atoms with Gasteiger partial charge in [0.15, 0.2) is 0 Å². The van der Waals surface area contributed by atoms with E-state index in [0.717, 1.165) is 19.4 Å². The molecular weight excluding hydrogens is 166 g/mol. The lowest BCUT2D eigenvalue weighted by atomic mass is 9.82. The molecule has 4 nitrogen and oxygen atoms in total. The summed E-state index contributed by atoms with van der Waals surface area (Å²) >= 11 is 0. The summed E-state index contributed by atoms with van der Waals surface area (Å²) in [7, 11) is 0. The number of aromatic nitrogens is 2. The molecule has 1 fully saturated rings.